The van der Waals surface area contributed by atoms with Gasteiger partial charge in [0.05, 0.1) is 11.5 Å². The fraction of sp³-hybridized carbons (Fsp3) is 0.545. The van der Waals surface area contributed by atoms with Crippen molar-refractivity contribution in [3.63, 3.8) is 0 Å². The van der Waals surface area contributed by atoms with E-state index in [4.69, 9.17) is 11.6 Å². The molecule has 17 heavy (non-hydrogen) atoms. The number of pyridine rings is 1. The monoisotopic (exact) mass is 274 g/mol. The summed E-state index contributed by atoms with van der Waals surface area (Å²) in [6.45, 7) is 1.72. The number of aromatic nitrogens is 1. The molecule has 0 saturated carbocycles. The first kappa shape index (κ1) is 12.8. The number of rotatable bonds is 4. The summed E-state index contributed by atoms with van der Waals surface area (Å²) in [5.41, 5.74) is 0.695. The van der Waals surface area contributed by atoms with Crippen LogP contribution in [0.25, 0.3) is 0 Å². The maximum atomic E-state index is 12.0. The predicted octanol–water partition coefficient (Wildman–Crippen LogP) is 1.26. The molecule has 6 heteroatoms. The zero-order valence-corrected chi connectivity index (χ0v) is 11.0. The second-order valence-corrected chi connectivity index (χ2v) is 6.90. The Hall–Kier alpha value is -0.650. The minimum Gasteiger partial charge on any atom is -0.316 e. The number of hydrogen-bond acceptors (Lipinski definition) is 4. The number of halogens is 1. The molecule has 1 unspecified atom stereocenters. The molecule has 94 valence electrons. The predicted molar refractivity (Wildman–Crippen MR) is 67.7 cm³/mol. The highest BCUT2D eigenvalue weighted by Gasteiger charge is 2.22. The first-order valence-corrected chi connectivity index (χ1v) is 7.77. The smallest absolute Gasteiger partial charge is 0.154 e. The molecule has 0 aromatic carbocycles. The standard InChI is InChI=1S/C11H15ClN2O2S/c12-11-2-1-9(6-14-11)7-17(15,16)8-10-3-4-13-5-10/h1-2,6,10,13H,3-5,7-8H2. The van der Waals surface area contributed by atoms with Crippen molar-refractivity contribution in [1.29, 1.82) is 0 Å². The van der Waals surface area contributed by atoms with Gasteiger partial charge in [-0.2, -0.15) is 0 Å². The van der Waals surface area contributed by atoms with E-state index in [1.54, 1.807) is 12.1 Å². The van der Waals surface area contributed by atoms with Crippen molar-refractivity contribution >= 4 is 21.4 Å². The van der Waals surface area contributed by atoms with Crippen LogP contribution in [-0.2, 0) is 15.6 Å². The van der Waals surface area contributed by atoms with E-state index in [1.165, 1.54) is 6.20 Å². The Morgan fingerprint density at radius 3 is 2.88 bits per heavy atom. The largest absolute Gasteiger partial charge is 0.316 e. The van der Waals surface area contributed by atoms with E-state index in [0.29, 0.717) is 10.7 Å². The Morgan fingerprint density at radius 1 is 1.47 bits per heavy atom. The highest BCUT2D eigenvalue weighted by atomic mass is 35.5. The lowest BCUT2D eigenvalue weighted by Crippen LogP contribution is -2.20. The molecule has 1 atom stereocenters. The second kappa shape index (κ2) is 5.33. The van der Waals surface area contributed by atoms with Crippen LogP contribution >= 0.6 is 11.6 Å². The first-order chi connectivity index (χ1) is 8.05. The highest BCUT2D eigenvalue weighted by molar-refractivity contribution is 7.90. The van der Waals surface area contributed by atoms with Gasteiger partial charge in [0, 0.05) is 6.20 Å². The van der Waals surface area contributed by atoms with Gasteiger partial charge in [0.1, 0.15) is 5.15 Å². The Balaban J connectivity index is 1.98. The van der Waals surface area contributed by atoms with Crippen molar-refractivity contribution in [2.24, 2.45) is 5.92 Å². The Kier molecular flexibility index (Phi) is 4.01. The van der Waals surface area contributed by atoms with Gasteiger partial charge in [-0.05, 0) is 37.1 Å². The van der Waals surface area contributed by atoms with Crippen LogP contribution in [0.5, 0.6) is 0 Å². The minimum absolute atomic E-state index is 0.0493. The average molecular weight is 275 g/mol. The average Bonchev–Trinajstić information content (AvgIpc) is 2.73. The van der Waals surface area contributed by atoms with Gasteiger partial charge in [-0.15, -0.1) is 0 Å². The topological polar surface area (TPSA) is 59.1 Å². The van der Waals surface area contributed by atoms with E-state index in [9.17, 15) is 8.42 Å². The summed E-state index contributed by atoms with van der Waals surface area (Å²) in [4.78, 5) is 3.88. The fourth-order valence-electron chi connectivity index (χ4n) is 2.02. The van der Waals surface area contributed by atoms with Gasteiger partial charge < -0.3 is 5.32 Å². The molecular formula is C11H15ClN2O2S. The molecule has 1 N–H and O–H groups in total. The van der Waals surface area contributed by atoms with Crippen LogP contribution in [0.3, 0.4) is 0 Å². The van der Waals surface area contributed by atoms with Gasteiger partial charge in [-0.1, -0.05) is 17.7 Å². The maximum Gasteiger partial charge on any atom is 0.154 e. The Labute approximate surface area is 106 Å². The third kappa shape index (κ3) is 3.94. The first-order valence-electron chi connectivity index (χ1n) is 5.57. The fourth-order valence-corrected chi connectivity index (χ4v) is 3.93. The zero-order valence-electron chi connectivity index (χ0n) is 9.39. The van der Waals surface area contributed by atoms with Crippen molar-refractivity contribution in [3.05, 3.63) is 29.0 Å². The SMILES string of the molecule is O=S(=O)(Cc1ccc(Cl)nc1)CC1CCNC1. The molecule has 0 aliphatic carbocycles. The Bertz CT molecular complexity index is 467. The van der Waals surface area contributed by atoms with Gasteiger partial charge in [0.15, 0.2) is 9.84 Å². The van der Waals surface area contributed by atoms with Crippen molar-refractivity contribution < 1.29 is 8.42 Å². The van der Waals surface area contributed by atoms with Gasteiger partial charge in [-0.3, -0.25) is 0 Å². The summed E-state index contributed by atoms with van der Waals surface area (Å²) < 4.78 is 23.9. The third-order valence-electron chi connectivity index (χ3n) is 2.83. The van der Waals surface area contributed by atoms with Crippen molar-refractivity contribution in [3.8, 4) is 0 Å². The molecule has 1 aromatic heterocycles. The molecule has 2 heterocycles. The molecule has 2 rings (SSSR count). The van der Waals surface area contributed by atoms with E-state index in [1.807, 2.05) is 0 Å². The van der Waals surface area contributed by atoms with Gasteiger partial charge in [-0.25, -0.2) is 13.4 Å². The van der Waals surface area contributed by atoms with Crippen LogP contribution in [0, 0.1) is 5.92 Å². The van der Waals surface area contributed by atoms with E-state index >= 15 is 0 Å². The summed E-state index contributed by atoms with van der Waals surface area (Å²) in [5.74, 6) is 0.552. The summed E-state index contributed by atoms with van der Waals surface area (Å²) in [6, 6.07) is 3.32. The molecule has 1 aliphatic heterocycles. The summed E-state index contributed by atoms with van der Waals surface area (Å²) >= 11 is 5.65. The highest BCUT2D eigenvalue weighted by Crippen LogP contribution is 2.15. The molecular weight excluding hydrogens is 260 g/mol. The van der Waals surface area contributed by atoms with Crippen LogP contribution in [-0.4, -0.2) is 32.2 Å². The van der Waals surface area contributed by atoms with Gasteiger partial charge in [0.25, 0.3) is 0 Å². The molecule has 1 saturated heterocycles. The van der Waals surface area contributed by atoms with E-state index in [2.05, 4.69) is 10.3 Å². The van der Waals surface area contributed by atoms with Crippen molar-refractivity contribution in [1.82, 2.24) is 10.3 Å². The third-order valence-corrected chi connectivity index (χ3v) is 4.80. The molecule has 0 bridgehead atoms. The van der Waals surface area contributed by atoms with Gasteiger partial charge >= 0.3 is 0 Å². The molecule has 0 amide bonds. The van der Waals surface area contributed by atoms with Crippen LogP contribution in [0.2, 0.25) is 5.15 Å². The number of sulfone groups is 1. The van der Waals surface area contributed by atoms with E-state index in [-0.39, 0.29) is 17.4 Å². The van der Waals surface area contributed by atoms with Crippen molar-refractivity contribution in [2.45, 2.75) is 12.2 Å². The normalized spacial score (nSPS) is 20.6. The molecule has 1 fully saturated rings. The summed E-state index contributed by atoms with van der Waals surface area (Å²) in [7, 11) is -3.05. The molecule has 1 aliphatic rings. The van der Waals surface area contributed by atoms with Crippen LogP contribution in [0.15, 0.2) is 18.3 Å². The minimum atomic E-state index is -3.05. The summed E-state index contributed by atoms with van der Waals surface area (Å²) in [6.07, 6.45) is 2.46. The number of hydrogen-bond donors (Lipinski definition) is 1. The summed E-state index contributed by atoms with van der Waals surface area (Å²) in [5, 5.41) is 3.55. The van der Waals surface area contributed by atoms with E-state index in [0.717, 1.165) is 19.5 Å². The van der Waals surface area contributed by atoms with Crippen LogP contribution in [0.4, 0.5) is 0 Å². The second-order valence-electron chi connectivity index (χ2n) is 4.40. The van der Waals surface area contributed by atoms with Crippen molar-refractivity contribution in [2.75, 3.05) is 18.8 Å². The maximum absolute atomic E-state index is 12.0. The Morgan fingerprint density at radius 2 is 2.29 bits per heavy atom. The van der Waals surface area contributed by atoms with Crippen LogP contribution < -0.4 is 5.32 Å². The molecule has 1 aromatic rings. The molecule has 4 nitrogen and oxygen atoms in total. The lowest BCUT2D eigenvalue weighted by atomic mass is 10.2. The number of nitrogens with one attached hydrogen (secondary N) is 1. The molecule has 0 spiro atoms. The van der Waals surface area contributed by atoms with Crippen LogP contribution in [0.1, 0.15) is 12.0 Å². The zero-order chi connectivity index (χ0) is 12.3. The quantitative estimate of drug-likeness (QED) is 0.840. The molecule has 0 radical (unpaired) electrons. The van der Waals surface area contributed by atoms with E-state index < -0.39 is 9.84 Å². The van der Waals surface area contributed by atoms with Gasteiger partial charge in [0.2, 0.25) is 0 Å². The lowest BCUT2D eigenvalue weighted by molar-refractivity contribution is 0.569. The lowest BCUT2D eigenvalue weighted by Gasteiger charge is -2.09. The number of nitrogens with zero attached hydrogens (tertiary/aromatic N) is 1.